The van der Waals surface area contributed by atoms with Gasteiger partial charge in [0.15, 0.2) is 6.04 Å². The maximum atomic E-state index is 11.6. The van der Waals surface area contributed by atoms with Crippen molar-refractivity contribution in [2.45, 2.75) is 39.7 Å². The lowest BCUT2D eigenvalue weighted by Crippen LogP contribution is -2.37. The Morgan fingerprint density at radius 3 is 2.44 bits per heavy atom. The summed E-state index contributed by atoms with van der Waals surface area (Å²) in [7, 11) is 0. The van der Waals surface area contributed by atoms with Gasteiger partial charge in [-0.2, -0.15) is 0 Å². The Morgan fingerprint density at radius 1 is 1.39 bits per heavy atom. The van der Waals surface area contributed by atoms with E-state index >= 15 is 0 Å². The van der Waals surface area contributed by atoms with Gasteiger partial charge >= 0.3 is 5.97 Å². The van der Waals surface area contributed by atoms with Crippen LogP contribution >= 0.6 is 11.3 Å². The van der Waals surface area contributed by atoms with Crippen LogP contribution in [0, 0.1) is 0 Å². The van der Waals surface area contributed by atoms with Gasteiger partial charge in [0.2, 0.25) is 5.91 Å². The first-order valence-electron chi connectivity index (χ1n) is 6.09. The van der Waals surface area contributed by atoms with Crippen LogP contribution in [0.15, 0.2) is 12.1 Å². The maximum Gasteiger partial charge on any atom is 0.331 e. The third-order valence-corrected chi connectivity index (χ3v) is 4.00. The molecule has 1 amide bonds. The zero-order valence-electron chi connectivity index (χ0n) is 11.0. The Hall–Kier alpha value is -1.36. The first-order chi connectivity index (χ1) is 8.51. The second kappa shape index (κ2) is 6.54. The summed E-state index contributed by atoms with van der Waals surface area (Å²) < 4.78 is 0. The van der Waals surface area contributed by atoms with Crippen molar-refractivity contribution in [1.29, 1.82) is 0 Å². The van der Waals surface area contributed by atoms with E-state index in [-0.39, 0.29) is 5.91 Å². The normalized spacial score (nSPS) is 12.2. The van der Waals surface area contributed by atoms with Gasteiger partial charge in [-0.15, -0.1) is 11.3 Å². The van der Waals surface area contributed by atoms with E-state index in [1.807, 2.05) is 26.0 Å². The van der Waals surface area contributed by atoms with Crippen LogP contribution in [0.25, 0.3) is 0 Å². The second-order valence-corrected chi connectivity index (χ2v) is 5.31. The smallest absolute Gasteiger partial charge is 0.331 e. The summed E-state index contributed by atoms with van der Waals surface area (Å²) in [5.41, 5.74) is 0. The zero-order valence-corrected chi connectivity index (χ0v) is 11.8. The predicted molar refractivity (Wildman–Crippen MR) is 71.8 cm³/mol. The molecule has 1 aromatic rings. The number of thiophene rings is 1. The maximum absolute atomic E-state index is 11.6. The van der Waals surface area contributed by atoms with E-state index in [2.05, 4.69) is 0 Å². The lowest BCUT2D eigenvalue weighted by Gasteiger charge is -2.26. The lowest BCUT2D eigenvalue weighted by molar-refractivity contribution is -0.149. The molecule has 0 aliphatic carbocycles. The Morgan fingerprint density at radius 2 is 2.06 bits per heavy atom. The highest BCUT2D eigenvalue weighted by Crippen LogP contribution is 2.29. The van der Waals surface area contributed by atoms with Crippen molar-refractivity contribution in [1.82, 2.24) is 4.90 Å². The molecule has 0 saturated heterocycles. The molecule has 1 atom stereocenters. The number of carbonyl (C=O) groups excluding carboxylic acids is 1. The molecule has 1 aromatic heterocycles. The van der Waals surface area contributed by atoms with Gasteiger partial charge < -0.3 is 10.0 Å². The van der Waals surface area contributed by atoms with Crippen LogP contribution in [0.4, 0.5) is 0 Å². The number of aliphatic carboxylic acids is 1. The number of rotatable bonds is 6. The van der Waals surface area contributed by atoms with E-state index < -0.39 is 12.0 Å². The van der Waals surface area contributed by atoms with Gasteiger partial charge in [0.25, 0.3) is 0 Å². The van der Waals surface area contributed by atoms with Crippen LogP contribution in [0.3, 0.4) is 0 Å². The monoisotopic (exact) mass is 269 g/mol. The van der Waals surface area contributed by atoms with Gasteiger partial charge in [-0.25, -0.2) is 4.79 Å². The number of aryl methyl sites for hydroxylation is 1. The van der Waals surface area contributed by atoms with E-state index in [1.165, 1.54) is 23.2 Å². The van der Waals surface area contributed by atoms with Crippen LogP contribution in [0.1, 0.15) is 43.0 Å². The van der Waals surface area contributed by atoms with Crippen molar-refractivity contribution in [2.75, 3.05) is 6.54 Å². The fourth-order valence-corrected chi connectivity index (χ4v) is 2.91. The van der Waals surface area contributed by atoms with Crippen molar-refractivity contribution in [2.24, 2.45) is 0 Å². The average molecular weight is 269 g/mol. The van der Waals surface area contributed by atoms with Gasteiger partial charge in [0, 0.05) is 23.2 Å². The lowest BCUT2D eigenvalue weighted by atomic mass is 10.2. The van der Waals surface area contributed by atoms with Crippen molar-refractivity contribution in [3.8, 4) is 0 Å². The minimum Gasteiger partial charge on any atom is -0.479 e. The van der Waals surface area contributed by atoms with Gasteiger partial charge in [-0.3, -0.25) is 4.79 Å². The molecule has 1 heterocycles. The number of hydrogen-bond acceptors (Lipinski definition) is 3. The number of hydrogen-bond donors (Lipinski definition) is 1. The Kier molecular flexibility index (Phi) is 5.34. The van der Waals surface area contributed by atoms with Crippen molar-refractivity contribution in [3.63, 3.8) is 0 Å². The first kappa shape index (κ1) is 14.7. The molecule has 1 unspecified atom stereocenters. The Bertz CT molecular complexity index is 428. The molecule has 0 fully saturated rings. The Balaban J connectivity index is 3.07. The molecule has 18 heavy (non-hydrogen) atoms. The van der Waals surface area contributed by atoms with Crippen LogP contribution in [-0.4, -0.2) is 28.4 Å². The minimum atomic E-state index is -0.969. The zero-order chi connectivity index (χ0) is 13.7. The summed E-state index contributed by atoms with van der Waals surface area (Å²) >= 11 is 1.47. The van der Waals surface area contributed by atoms with Gasteiger partial charge in [-0.05, 0) is 25.0 Å². The molecule has 0 radical (unpaired) electrons. The predicted octanol–water partition coefficient (Wildman–Crippen LogP) is 2.69. The van der Waals surface area contributed by atoms with Crippen LogP contribution in [-0.2, 0) is 16.0 Å². The van der Waals surface area contributed by atoms with E-state index in [9.17, 15) is 14.7 Å². The molecule has 5 heteroatoms. The molecule has 4 nitrogen and oxygen atoms in total. The molecule has 0 aliphatic rings. The minimum absolute atomic E-state index is 0.198. The average Bonchev–Trinajstić information content (AvgIpc) is 2.76. The van der Waals surface area contributed by atoms with E-state index in [4.69, 9.17) is 0 Å². The van der Waals surface area contributed by atoms with Crippen molar-refractivity contribution in [3.05, 3.63) is 21.9 Å². The number of carboxylic acid groups (broad SMARTS) is 1. The van der Waals surface area contributed by atoms with E-state index in [0.29, 0.717) is 6.54 Å². The summed E-state index contributed by atoms with van der Waals surface area (Å²) in [4.78, 5) is 26.3. The van der Waals surface area contributed by atoms with Crippen molar-refractivity contribution >= 4 is 23.2 Å². The van der Waals surface area contributed by atoms with E-state index in [0.717, 1.165) is 22.6 Å². The summed E-state index contributed by atoms with van der Waals surface area (Å²) in [5.74, 6) is -1.17. The molecule has 1 N–H and O–H groups in total. The first-order valence-corrected chi connectivity index (χ1v) is 6.91. The number of amides is 1. The fourth-order valence-electron chi connectivity index (χ4n) is 1.85. The van der Waals surface area contributed by atoms with Crippen LogP contribution < -0.4 is 0 Å². The SMILES string of the molecule is CCCN(C(C)=O)C(C(=O)O)c1ccc(CC)s1. The summed E-state index contributed by atoms with van der Waals surface area (Å²) in [6.45, 7) is 5.84. The molecule has 1 rings (SSSR count). The highest BCUT2D eigenvalue weighted by molar-refractivity contribution is 7.12. The molecule has 0 saturated carbocycles. The third-order valence-electron chi connectivity index (χ3n) is 2.71. The molecule has 0 bridgehead atoms. The fraction of sp³-hybridized carbons (Fsp3) is 0.538. The van der Waals surface area contributed by atoms with Crippen LogP contribution in [0.2, 0.25) is 0 Å². The largest absolute Gasteiger partial charge is 0.479 e. The van der Waals surface area contributed by atoms with Crippen LogP contribution in [0.5, 0.6) is 0 Å². The third kappa shape index (κ3) is 3.32. The number of carboxylic acids is 1. The highest BCUT2D eigenvalue weighted by atomic mass is 32.1. The summed E-state index contributed by atoms with van der Waals surface area (Å²) in [6.07, 6.45) is 1.63. The van der Waals surface area contributed by atoms with Gasteiger partial charge in [0.1, 0.15) is 0 Å². The number of carbonyl (C=O) groups is 2. The molecule has 0 spiro atoms. The van der Waals surface area contributed by atoms with E-state index in [1.54, 1.807) is 0 Å². The van der Waals surface area contributed by atoms with Gasteiger partial charge in [0.05, 0.1) is 0 Å². The van der Waals surface area contributed by atoms with Crippen molar-refractivity contribution < 1.29 is 14.7 Å². The second-order valence-electron chi connectivity index (χ2n) is 4.11. The summed E-state index contributed by atoms with van der Waals surface area (Å²) in [6, 6.07) is 2.89. The quantitative estimate of drug-likeness (QED) is 0.863. The number of nitrogens with zero attached hydrogens (tertiary/aromatic N) is 1. The molecule has 100 valence electrons. The molecule has 0 aliphatic heterocycles. The molecular formula is C13H19NO3S. The Labute approximate surface area is 111 Å². The topological polar surface area (TPSA) is 57.6 Å². The van der Waals surface area contributed by atoms with Gasteiger partial charge in [-0.1, -0.05) is 13.8 Å². The highest BCUT2D eigenvalue weighted by Gasteiger charge is 2.30. The standard InChI is InChI=1S/C13H19NO3S/c1-4-8-14(9(3)15)12(13(16)17)11-7-6-10(5-2)18-11/h6-7,12H,4-5,8H2,1-3H3,(H,16,17). The summed E-state index contributed by atoms with van der Waals surface area (Å²) in [5, 5.41) is 9.37. The molecular weight excluding hydrogens is 250 g/mol. The molecule has 0 aromatic carbocycles.